The molecule has 0 aromatic heterocycles. The second-order valence-corrected chi connectivity index (χ2v) is 6.72. The van der Waals surface area contributed by atoms with Gasteiger partial charge in [-0.05, 0) is 55.7 Å². The number of benzene rings is 2. The van der Waals surface area contributed by atoms with Crippen LogP contribution in [0.1, 0.15) is 29.3 Å². The Morgan fingerprint density at radius 3 is 2.50 bits per heavy atom. The molecule has 0 bridgehead atoms. The first kappa shape index (κ1) is 17.9. The van der Waals surface area contributed by atoms with Gasteiger partial charge >= 0.3 is 12.0 Å². The number of nitrogens with one attached hydrogen (secondary N) is 2. The Labute approximate surface area is 155 Å². The van der Waals surface area contributed by atoms with Crippen LogP contribution in [-0.2, 0) is 11.2 Å². The minimum absolute atomic E-state index is 0.324. The molecule has 2 aromatic carbocycles. The number of carbonyl (C=O) groups is 3. The monoisotopic (exact) mass is 372 g/mol. The molecule has 3 rings (SSSR count). The SMILES string of the molecule is CC1(CCc2ccc(OC(=O)c3cccc(Cl)c3)cc2)NC(=O)NC1=O. The van der Waals surface area contributed by atoms with Crippen molar-refractivity contribution in [3.63, 3.8) is 0 Å². The summed E-state index contributed by atoms with van der Waals surface area (Å²) < 4.78 is 5.32. The molecule has 1 saturated heterocycles. The molecule has 1 aliphatic rings. The van der Waals surface area contributed by atoms with Gasteiger partial charge in [-0.15, -0.1) is 0 Å². The summed E-state index contributed by atoms with van der Waals surface area (Å²) in [6.07, 6.45) is 1.05. The molecule has 6 nitrogen and oxygen atoms in total. The number of urea groups is 1. The predicted molar refractivity (Wildman–Crippen MR) is 96.3 cm³/mol. The van der Waals surface area contributed by atoms with Gasteiger partial charge in [0.15, 0.2) is 0 Å². The number of esters is 1. The summed E-state index contributed by atoms with van der Waals surface area (Å²) in [5.74, 6) is -0.399. The first-order valence-corrected chi connectivity index (χ1v) is 8.44. The zero-order valence-corrected chi connectivity index (χ0v) is 14.8. The average molecular weight is 373 g/mol. The number of aryl methyl sites for hydroxylation is 1. The van der Waals surface area contributed by atoms with Crippen molar-refractivity contribution in [2.75, 3.05) is 0 Å². The Kier molecular flexibility index (Phi) is 4.95. The summed E-state index contributed by atoms with van der Waals surface area (Å²) >= 11 is 5.87. The molecule has 26 heavy (non-hydrogen) atoms. The summed E-state index contributed by atoms with van der Waals surface area (Å²) in [5, 5.41) is 5.33. The van der Waals surface area contributed by atoms with Gasteiger partial charge in [-0.25, -0.2) is 9.59 Å². The Balaban J connectivity index is 1.59. The van der Waals surface area contributed by atoms with Crippen LogP contribution in [-0.4, -0.2) is 23.4 Å². The fourth-order valence-electron chi connectivity index (χ4n) is 2.66. The van der Waals surface area contributed by atoms with E-state index in [4.69, 9.17) is 16.3 Å². The minimum atomic E-state index is -0.908. The van der Waals surface area contributed by atoms with E-state index in [1.165, 1.54) is 0 Å². The molecule has 0 radical (unpaired) electrons. The maximum Gasteiger partial charge on any atom is 0.343 e. The summed E-state index contributed by atoms with van der Waals surface area (Å²) in [7, 11) is 0. The van der Waals surface area contributed by atoms with Crippen LogP contribution in [0.25, 0.3) is 0 Å². The van der Waals surface area contributed by atoms with Crippen molar-refractivity contribution in [3.8, 4) is 5.75 Å². The van der Waals surface area contributed by atoms with Gasteiger partial charge < -0.3 is 10.1 Å². The second kappa shape index (κ2) is 7.17. The maximum absolute atomic E-state index is 12.1. The number of amides is 3. The van der Waals surface area contributed by atoms with E-state index in [0.29, 0.717) is 29.2 Å². The molecule has 1 atom stereocenters. The molecule has 0 saturated carbocycles. The van der Waals surface area contributed by atoms with Crippen molar-refractivity contribution in [2.24, 2.45) is 0 Å². The molecular weight excluding hydrogens is 356 g/mol. The molecule has 134 valence electrons. The molecule has 7 heteroatoms. The van der Waals surface area contributed by atoms with Crippen molar-refractivity contribution < 1.29 is 19.1 Å². The average Bonchev–Trinajstić information content (AvgIpc) is 2.86. The predicted octanol–water partition coefficient (Wildman–Crippen LogP) is 3.09. The van der Waals surface area contributed by atoms with E-state index in [0.717, 1.165) is 5.56 Å². The highest BCUT2D eigenvalue weighted by Gasteiger charge is 2.41. The van der Waals surface area contributed by atoms with Gasteiger partial charge in [-0.2, -0.15) is 0 Å². The Bertz CT molecular complexity index is 866. The van der Waals surface area contributed by atoms with Gasteiger partial charge in [-0.1, -0.05) is 29.8 Å². The lowest BCUT2D eigenvalue weighted by molar-refractivity contribution is -0.123. The van der Waals surface area contributed by atoms with Crippen LogP contribution in [0.4, 0.5) is 4.79 Å². The zero-order valence-electron chi connectivity index (χ0n) is 14.0. The second-order valence-electron chi connectivity index (χ2n) is 6.28. The molecule has 2 N–H and O–H groups in total. The third kappa shape index (κ3) is 4.03. The highest BCUT2D eigenvalue weighted by molar-refractivity contribution is 6.30. The minimum Gasteiger partial charge on any atom is -0.423 e. The maximum atomic E-state index is 12.1. The smallest absolute Gasteiger partial charge is 0.343 e. The molecular formula is C19H17ClN2O4. The fraction of sp³-hybridized carbons (Fsp3) is 0.211. The van der Waals surface area contributed by atoms with Gasteiger partial charge in [-0.3, -0.25) is 10.1 Å². The van der Waals surface area contributed by atoms with E-state index in [1.807, 2.05) is 12.1 Å². The lowest BCUT2D eigenvalue weighted by Crippen LogP contribution is -2.43. The largest absolute Gasteiger partial charge is 0.423 e. The van der Waals surface area contributed by atoms with Crippen molar-refractivity contribution in [2.45, 2.75) is 25.3 Å². The normalized spacial score (nSPS) is 19.0. The summed E-state index contributed by atoms with van der Waals surface area (Å²) in [5.41, 5.74) is 0.426. The zero-order chi connectivity index (χ0) is 18.7. The van der Waals surface area contributed by atoms with Crippen LogP contribution >= 0.6 is 11.6 Å². The molecule has 2 aromatic rings. The van der Waals surface area contributed by atoms with E-state index in [2.05, 4.69) is 10.6 Å². The number of carbonyl (C=O) groups excluding carboxylic acids is 3. The fourth-order valence-corrected chi connectivity index (χ4v) is 2.85. The highest BCUT2D eigenvalue weighted by Crippen LogP contribution is 2.20. The number of ether oxygens (including phenoxy) is 1. The molecule has 0 aliphatic carbocycles. The molecule has 1 aliphatic heterocycles. The Morgan fingerprint density at radius 2 is 1.88 bits per heavy atom. The quantitative estimate of drug-likeness (QED) is 0.480. The van der Waals surface area contributed by atoms with Crippen LogP contribution in [0.15, 0.2) is 48.5 Å². The first-order chi connectivity index (χ1) is 12.4. The lowest BCUT2D eigenvalue weighted by Gasteiger charge is -2.20. The number of imide groups is 1. The Hall–Kier alpha value is -2.86. The molecule has 1 heterocycles. The number of rotatable bonds is 5. The van der Waals surface area contributed by atoms with Crippen LogP contribution in [0.2, 0.25) is 5.02 Å². The topological polar surface area (TPSA) is 84.5 Å². The van der Waals surface area contributed by atoms with Crippen LogP contribution < -0.4 is 15.4 Å². The standard InChI is InChI=1S/C19H17ClN2O4/c1-19(17(24)21-18(25)22-19)10-9-12-5-7-15(8-6-12)26-16(23)13-3-2-4-14(20)11-13/h2-8,11H,9-10H2,1H3,(H2,21,22,24,25). The molecule has 1 fully saturated rings. The van der Waals surface area contributed by atoms with E-state index < -0.39 is 17.5 Å². The van der Waals surface area contributed by atoms with Gasteiger partial charge in [0.25, 0.3) is 5.91 Å². The number of hydrogen-bond donors (Lipinski definition) is 2. The molecule has 1 unspecified atom stereocenters. The number of halogens is 1. The lowest BCUT2D eigenvalue weighted by atomic mass is 9.93. The third-order valence-corrected chi connectivity index (χ3v) is 4.46. The summed E-state index contributed by atoms with van der Waals surface area (Å²) in [4.78, 5) is 35.2. The van der Waals surface area contributed by atoms with Crippen molar-refractivity contribution in [1.82, 2.24) is 10.6 Å². The van der Waals surface area contributed by atoms with Crippen molar-refractivity contribution >= 4 is 29.5 Å². The van der Waals surface area contributed by atoms with E-state index in [9.17, 15) is 14.4 Å². The molecule has 0 spiro atoms. The summed E-state index contributed by atoms with van der Waals surface area (Å²) in [6.45, 7) is 1.69. The van der Waals surface area contributed by atoms with Crippen molar-refractivity contribution in [1.29, 1.82) is 0 Å². The highest BCUT2D eigenvalue weighted by atomic mass is 35.5. The first-order valence-electron chi connectivity index (χ1n) is 8.06. The van der Waals surface area contributed by atoms with E-state index in [1.54, 1.807) is 43.3 Å². The van der Waals surface area contributed by atoms with E-state index >= 15 is 0 Å². The van der Waals surface area contributed by atoms with Crippen molar-refractivity contribution in [3.05, 3.63) is 64.7 Å². The van der Waals surface area contributed by atoms with Gasteiger partial charge in [0.1, 0.15) is 11.3 Å². The van der Waals surface area contributed by atoms with Gasteiger partial charge in [0.05, 0.1) is 5.56 Å². The van der Waals surface area contributed by atoms with Gasteiger partial charge in [0.2, 0.25) is 0 Å². The third-order valence-electron chi connectivity index (χ3n) is 4.23. The van der Waals surface area contributed by atoms with Crippen LogP contribution in [0, 0.1) is 0 Å². The number of hydrogen-bond acceptors (Lipinski definition) is 4. The van der Waals surface area contributed by atoms with Crippen LogP contribution in [0.3, 0.4) is 0 Å². The van der Waals surface area contributed by atoms with Gasteiger partial charge in [0, 0.05) is 5.02 Å². The summed E-state index contributed by atoms with van der Waals surface area (Å²) in [6, 6.07) is 13.1. The Morgan fingerprint density at radius 1 is 1.15 bits per heavy atom. The van der Waals surface area contributed by atoms with E-state index in [-0.39, 0.29) is 5.91 Å². The molecule has 3 amide bonds. The van der Waals surface area contributed by atoms with Crippen LogP contribution in [0.5, 0.6) is 5.75 Å².